The Bertz CT molecular complexity index is 138. The number of rotatable bonds is 5. The number of hydrogen-bond donors (Lipinski definition) is 0. The van der Waals surface area contributed by atoms with Crippen LogP contribution in [0.2, 0.25) is 0 Å². The Morgan fingerprint density at radius 3 is 2.69 bits per heavy atom. The van der Waals surface area contributed by atoms with Crippen molar-refractivity contribution >= 4 is 0 Å². The van der Waals surface area contributed by atoms with E-state index in [0.29, 0.717) is 6.10 Å². The molecule has 1 heterocycles. The van der Waals surface area contributed by atoms with E-state index in [1.807, 2.05) is 0 Å². The van der Waals surface area contributed by atoms with Crippen molar-refractivity contribution in [3.8, 4) is 0 Å². The predicted octanol–water partition coefficient (Wildman–Crippen LogP) is 2.49. The van der Waals surface area contributed by atoms with Crippen molar-refractivity contribution in [2.45, 2.75) is 45.6 Å². The van der Waals surface area contributed by atoms with Gasteiger partial charge in [0.1, 0.15) is 0 Å². The molecule has 2 heteroatoms. The van der Waals surface area contributed by atoms with Gasteiger partial charge in [-0.05, 0) is 19.4 Å². The van der Waals surface area contributed by atoms with Crippen LogP contribution in [0.5, 0.6) is 0 Å². The summed E-state index contributed by atoms with van der Waals surface area (Å²) in [6, 6.07) is 0. The molecule has 0 aliphatic carbocycles. The third-order valence-corrected chi connectivity index (χ3v) is 2.98. The molecular formula is C11H23NO. The van der Waals surface area contributed by atoms with Gasteiger partial charge in [-0.1, -0.05) is 33.1 Å². The number of hydrogen-bond acceptors (Lipinski definition) is 2. The minimum absolute atomic E-state index is 0.501. The lowest BCUT2D eigenvalue weighted by molar-refractivity contribution is 0.0525. The summed E-state index contributed by atoms with van der Waals surface area (Å²) in [5.41, 5.74) is 0. The Morgan fingerprint density at radius 2 is 2.23 bits per heavy atom. The van der Waals surface area contributed by atoms with Crippen molar-refractivity contribution < 1.29 is 4.74 Å². The fourth-order valence-electron chi connectivity index (χ4n) is 2.04. The molecule has 13 heavy (non-hydrogen) atoms. The number of ether oxygens (including phenoxy) is 1. The van der Waals surface area contributed by atoms with Crippen LogP contribution < -0.4 is 0 Å². The maximum atomic E-state index is 5.74. The molecule has 0 aromatic heterocycles. The van der Waals surface area contributed by atoms with Crippen molar-refractivity contribution in [1.29, 1.82) is 0 Å². The molecule has 0 aromatic carbocycles. The first-order valence-corrected chi connectivity index (χ1v) is 5.58. The molecule has 1 aliphatic rings. The van der Waals surface area contributed by atoms with Crippen molar-refractivity contribution in [3.63, 3.8) is 0 Å². The van der Waals surface area contributed by atoms with Gasteiger partial charge in [0.05, 0.1) is 12.8 Å². The van der Waals surface area contributed by atoms with Crippen molar-refractivity contribution in [2.75, 3.05) is 20.3 Å². The highest BCUT2D eigenvalue weighted by Gasteiger charge is 2.26. The van der Waals surface area contributed by atoms with Crippen LogP contribution >= 0.6 is 0 Å². The standard InChI is InChI=1S/C11H23NO/c1-4-6-7-10(5-2)11-8-12(3)9-13-11/h10-11H,4-9H2,1-3H3. The monoisotopic (exact) mass is 185 g/mol. The number of nitrogens with zero attached hydrogens (tertiary/aromatic N) is 1. The minimum atomic E-state index is 0.501. The molecule has 1 saturated heterocycles. The van der Waals surface area contributed by atoms with E-state index >= 15 is 0 Å². The number of likely N-dealkylation sites (N-methyl/N-ethyl adjacent to an activating group) is 1. The topological polar surface area (TPSA) is 12.5 Å². The van der Waals surface area contributed by atoms with Gasteiger partial charge in [-0.25, -0.2) is 0 Å². The van der Waals surface area contributed by atoms with Gasteiger partial charge in [0.2, 0.25) is 0 Å². The lowest BCUT2D eigenvalue weighted by Gasteiger charge is -2.20. The van der Waals surface area contributed by atoms with Crippen LogP contribution in [0.1, 0.15) is 39.5 Å². The summed E-state index contributed by atoms with van der Waals surface area (Å²) in [5.74, 6) is 0.782. The van der Waals surface area contributed by atoms with Gasteiger partial charge < -0.3 is 4.74 Å². The first-order chi connectivity index (χ1) is 6.27. The van der Waals surface area contributed by atoms with Crippen molar-refractivity contribution in [3.05, 3.63) is 0 Å². The average Bonchev–Trinajstić information content (AvgIpc) is 2.54. The van der Waals surface area contributed by atoms with Crippen LogP contribution in [0.3, 0.4) is 0 Å². The first kappa shape index (κ1) is 11.0. The smallest absolute Gasteiger partial charge is 0.0993 e. The highest BCUT2D eigenvalue weighted by Crippen LogP contribution is 2.23. The molecular weight excluding hydrogens is 162 g/mol. The van der Waals surface area contributed by atoms with Crippen LogP contribution in [0.25, 0.3) is 0 Å². The van der Waals surface area contributed by atoms with E-state index in [4.69, 9.17) is 4.74 Å². The quantitative estimate of drug-likeness (QED) is 0.652. The molecule has 0 spiro atoms. The van der Waals surface area contributed by atoms with Gasteiger partial charge in [-0.15, -0.1) is 0 Å². The summed E-state index contributed by atoms with van der Waals surface area (Å²) < 4.78 is 5.74. The molecule has 0 bridgehead atoms. The summed E-state index contributed by atoms with van der Waals surface area (Å²) in [7, 11) is 2.13. The molecule has 1 rings (SSSR count). The van der Waals surface area contributed by atoms with E-state index < -0.39 is 0 Å². The predicted molar refractivity (Wildman–Crippen MR) is 55.7 cm³/mol. The first-order valence-electron chi connectivity index (χ1n) is 5.58. The van der Waals surface area contributed by atoms with E-state index in [2.05, 4.69) is 25.8 Å². The van der Waals surface area contributed by atoms with Crippen molar-refractivity contribution in [2.24, 2.45) is 5.92 Å². The van der Waals surface area contributed by atoms with Crippen LogP contribution in [-0.2, 0) is 4.74 Å². The Hall–Kier alpha value is -0.0800. The molecule has 1 fully saturated rings. The minimum Gasteiger partial charge on any atom is -0.361 e. The molecule has 0 amide bonds. The molecule has 0 aromatic rings. The van der Waals surface area contributed by atoms with E-state index in [1.54, 1.807) is 0 Å². The molecule has 0 N–H and O–H groups in total. The van der Waals surface area contributed by atoms with Gasteiger partial charge in [0.25, 0.3) is 0 Å². The van der Waals surface area contributed by atoms with Gasteiger partial charge in [0, 0.05) is 6.54 Å². The molecule has 1 aliphatic heterocycles. The SMILES string of the molecule is CCCCC(CC)C1CN(C)CO1. The maximum absolute atomic E-state index is 5.74. The highest BCUT2D eigenvalue weighted by atomic mass is 16.5. The zero-order valence-electron chi connectivity index (χ0n) is 9.25. The van der Waals surface area contributed by atoms with Gasteiger partial charge in [-0.2, -0.15) is 0 Å². The van der Waals surface area contributed by atoms with Gasteiger partial charge in [0.15, 0.2) is 0 Å². The highest BCUT2D eigenvalue weighted by molar-refractivity contribution is 4.75. The molecule has 2 nitrogen and oxygen atoms in total. The zero-order valence-corrected chi connectivity index (χ0v) is 9.25. The lowest BCUT2D eigenvalue weighted by Crippen LogP contribution is -2.24. The summed E-state index contributed by atoms with van der Waals surface area (Å²) in [6.07, 6.45) is 5.76. The van der Waals surface area contributed by atoms with E-state index in [0.717, 1.165) is 19.2 Å². The van der Waals surface area contributed by atoms with Gasteiger partial charge >= 0.3 is 0 Å². The Balaban J connectivity index is 2.29. The number of unbranched alkanes of at least 4 members (excludes halogenated alkanes) is 1. The Morgan fingerprint density at radius 1 is 1.46 bits per heavy atom. The summed E-state index contributed by atoms with van der Waals surface area (Å²) >= 11 is 0. The molecule has 2 unspecified atom stereocenters. The summed E-state index contributed by atoms with van der Waals surface area (Å²) in [5, 5.41) is 0. The van der Waals surface area contributed by atoms with Crippen LogP contribution in [0.15, 0.2) is 0 Å². The largest absolute Gasteiger partial charge is 0.361 e. The lowest BCUT2D eigenvalue weighted by atomic mass is 9.93. The molecule has 2 atom stereocenters. The van der Waals surface area contributed by atoms with E-state index in [-0.39, 0.29) is 0 Å². The second-order valence-electron chi connectivity index (χ2n) is 4.18. The Labute approximate surface area is 82.3 Å². The zero-order chi connectivity index (χ0) is 9.68. The maximum Gasteiger partial charge on any atom is 0.0993 e. The second-order valence-corrected chi connectivity index (χ2v) is 4.18. The molecule has 0 radical (unpaired) electrons. The summed E-state index contributed by atoms with van der Waals surface area (Å²) in [6.45, 7) is 6.49. The van der Waals surface area contributed by atoms with Crippen LogP contribution in [0, 0.1) is 5.92 Å². The fraction of sp³-hybridized carbons (Fsp3) is 1.00. The second kappa shape index (κ2) is 5.61. The molecule has 78 valence electrons. The third-order valence-electron chi connectivity index (χ3n) is 2.98. The van der Waals surface area contributed by atoms with Gasteiger partial charge in [-0.3, -0.25) is 4.90 Å². The Kier molecular flexibility index (Phi) is 4.74. The summed E-state index contributed by atoms with van der Waals surface area (Å²) in [4.78, 5) is 2.26. The molecule has 0 saturated carbocycles. The fourth-order valence-corrected chi connectivity index (χ4v) is 2.04. The average molecular weight is 185 g/mol. The van der Waals surface area contributed by atoms with Crippen LogP contribution in [0.4, 0.5) is 0 Å². The normalized spacial score (nSPS) is 26.5. The van der Waals surface area contributed by atoms with E-state index in [9.17, 15) is 0 Å². The van der Waals surface area contributed by atoms with Crippen molar-refractivity contribution in [1.82, 2.24) is 4.90 Å². The van der Waals surface area contributed by atoms with Crippen LogP contribution in [-0.4, -0.2) is 31.3 Å². The van der Waals surface area contributed by atoms with E-state index in [1.165, 1.54) is 25.7 Å². The third kappa shape index (κ3) is 3.28.